The van der Waals surface area contributed by atoms with E-state index in [0.29, 0.717) is 23.8 Å². The number of nitrogens with zero attached hydrogens (tertiary/aromatic N) is 1. The molecule has 0 fully saturated rings. The summed E-state index contributed by atoms with van der Waals surface area (Å²) in [6.45, 7) is -2.15. The van der Waals surface area contributed by atoms with Crippen LogP contribution in [0.1, 0.15) is 5.56 Å². The summed E-state index contributed by atoms with van der Waals surface area (Å²) in [5.74, 6) is 1.04. The minimum absolute atomic E-state index is 0. The quantitative estimate of drug-likeness (QED) is 0.326. The number of rotatable bonds is 8. The van der Waals surface area contributed by atoms with Crippen LogP contribution >= 0.6 is 24.0 Å². The van der Waals surface area contributed by atoms with E-state index < -0.39 is 17.4 Å². The van der Waals surface area contributed by atoms with Crippen molar-refractivity contribution in [1.82, 2.24) is 10.6 Å². The first-order valence-electron chi connectivity index (χ1n) is 8.01. The standard InChI is InChI=1S/C18H21F2N3O2S.HI/c1-21-18(22-11-12-26(24)15-8-3-2-4-9-15)23-13-14-7-5-6-10-16(14)25-17(19)20;/h2-10,17H,11-13H2,1H3,(H2,21,22,23);1H. The highest BCUT2D eigenvalue weighted by atomic mass is 127. The smallest absolute Gasteiger partial charge is 0.387 e. The maximum atomic E-state index is 12.4. The minimum Gasteiger partial charge on any atom is -0.434 e. The van der Waals surface area contributed by atoms with E-state index in [1.807, 2.05) is 30.3 Å². The van der Waals surface area contributed by atoms with E-state index in [4.69, 9.17) is 0 Å². The summed E-state index contributed by atoms with van der Waals surface area (Å²) in [5, 5.41) is 6.09. The second-order valence-corrected chi connectivity index (χ2v) is 6.77. The fourth-order valence-corrected chi connectivity index (χ4v) is 3.20. The van der Waals surface area contributed by atoms with E-state index in [1.165, 1.54) is 6.07 Å². The van der Waals surface area contributed by atoms with Crippen LogP contribution in [0.25, 0.3) is 0 Å². The molecule has 0 heterocycles. The number of halogens is 3. The Morgan fingerprint density at radius 3 is 2.44 bits per heavy atom. The van der Waals surface area contributed by atoms with Gasteiger partial charge in [0.2, 0.25) is 0 Å². The maximum absolute atomic E-state index is 12.4. The van der Waals surface area contributed by atoms with Crippen LogP contribution in [0.4, 0.5) is 8.78 Å². The predicted molar refractivity (Wildman–Crippen MR) is 114 cm³/mol. The van der Waals surface area contributed by atoms with Gasteiger partial charge in [-0.25, -0.2) is 0 Å². The molecule has 0 radical (unpaired) electrons. The van der Waals surface area contributed by atoms with Crippen LogP contribution in [0.2, 0.25) is 0 Å². The first-order chi connectivity index (χ1) is 12.6. The molecule has 2 rings (SSSR count). The summed E-state index contributed by atoms with van der Waals surface area (Å²) in [5.41, 5.74) is 0.587. The zero-order chi connectivity index (χ0) is 18.8. The SMILES string of the molecule is CN=C(NCCS(=O)c1ccccc1)NCc1ccccc1OC(F)F.I. The number of hydrogen-bond donors (Lipinski definition) is 2. The van der Waals surface area contributed by atoms with Crippen molar-refractivity contribution in [3.05, 3.63) is 60.2 Å². The second-order valence-electron chi connectivity index (χ2n) is 5.20. The molecular formula is C18H22F2IN3O2S. The molecule has 0 saturated heterocycles. The Hall–Kier alpha value is -1.75. The zero-order valence-corrected chi connectivity index (χ0v) is 17.9. The Kier molecular flexibility index (Phi) is 10.9. The van der Waals surface area contributed by atoms with Crippen molar-refractivity contribution in [2.45, 2.75) is 18.1 Å². The molecule has 0 aliphatic rings. The van der Waals surface area contributed by atoms with Gasteiger partial charge in [0.05, 0.1) is 10.8 Å². The van der Waals surface area contributed by atoms with Gasteiger partial charge < -0.3 is 15.4 Å². The third kappa shape index (κ3) is 8.21. The molecule has 0 aliphatic heterocycles. The van der Waals surface area contributed by atoms with E-state index >= 15 is 0 Å². The van der Waals surface area contributed by atoms with E-state index in [9.17, 15) is 13.0 Å². The number of nitrogens with one attached hydrogen (secondary N) is 2. The third-order valence-corrected chi connectivity index (χ3v) is 4.82. The Bertz CT molecular complexity index is 748. The topological polar surface area (TPSA) is 62.7 Å². The van der Waals surface area contributed by atoms with Gasteiger partial charge in [-0.1, -0.05) is 36.4 Å². The van der Waals surface area contributed by atoms with E-state index in [0.717, 1.165) is 4.90 Å². The molecule has 0 aliphatic carbocycles. The highest BCUT2D eigenvalue weighted by Crippen LogP contribution is 2.19. The normalized spacial score (nSPS) is 12.2. The number of ether oxygens (including phenoxy) is 1. The van der Waals surface area contributed by atoms with Gasteiger partial charge in [-0.2, -0.15) is 8.78 Å². The first-order valence-corrected chi connectivity index (χ1v) is 9.32. The molecule has 0 bridgehead atoms. The molecule has 148 valence electrons. The molecule has 5 nitrogen and oxygen atoms in total. The van der Waals surface area contributed by atoms with E-state index in [1.54, 1.807) is 25.2 Å². The molecule has 0 amide bonds. The monoisotopic (exact) mass is 509 g/mol. The molecule has 2 aromatic carbocycles. The molecule has 27 heavy (non-hydrogen) atoms. The lowest BCUT2D eigenvalue weighted by Gasteiger charge is -2.14. The highest BCUT2D eigenvalue weighted by molar-refractivity contribution is 14.0. The maximum Gasteiger partial charge on any atom is 0.387 e. The fraction of sp³-hybridized carbons (Fsp3) is 0.278. The Balaban J connectivity index is 0.00000364. The minimum atomic E-state index is -2.87. The summed E-state index contributed by atoms with van der Waals surface area (Å²) >= 11 is 0. The van der Waals surface area contributed by atoms with Crippen LogP contribution in [-0.2, 0) is 17.3 Å². The Morgan fingerprint density at radius 2 is 1.78 bits per heavy atom. The van der Waals surface area contributed by atoms with Crippen LogP contribution in [0.15, 0.2) is 64.5 Å². The molecule has 0 spiro atoms. The molecule has 1 unspecified atom stereocenters. The number of guanidine groups is 1. The summed E-state index contributed by atoms with van der Waals surface area (Å²) in [4.78, 5) is 4.84. The van der Waals surface area contributed by atoms with Crippen molar-refractivity contribution in [3.8, 4) is 5.75 Å². The van der Waals surface area contributed by atoms with Crippen molar-refractivity contribution >= 4 is 40.7 Å². The molecule has 9 heteroatoms. The Labute approximate surface area is 177 Å². The lowest BCUT2D eigenvalue weighted by Crippen LogP contribution is -2.38. The zero-order valence-electron chi connectivity index (χ0n) is 14.7. The Morgan fingerprint density at radius 1 is 1.11 bits per heavy atom. The number of alkyl halides is 2. The van der Waals surface area contributed by atoms with E-state index in [-0.39, 0.29) is 36.3 Å². The molecule has 2 aromatic rings. The van der Waals surface area contributed by atoms with Gasteiger partial charge >= 0.3 is 6.61 Å². The van der Waals surface area contributed by atoms with Crippen molar-refractivity contribution in [2.24, 2.45) is 4.99 Å². The van der Waals surface area contributed by atoms with Gasteiger partial charge in [-0.05, 0) is 18.2 Å². The van der Waals surface area contributed by atoms with Crippen LogP contribution in [0, 0.1) is 0 Å². The van der Waals surface area contributed by atoms with Crippen LogP contribution in [-0.4, -0.2) is 36.1 Å². The van der Waals surface area contributed by atoms with Gasteiger partial charge in [-0.15, -0.1) is 24.0 Å². The summed E-state index contributed by atoms with van der Waals surface area (Å²) in [7, 11) is 0.502. The van der Waals surface area contributed by atoms with Gasteiger partial charge in [-0.3, -0.25) is 9.20 Å². The predicted octanol–water partition coefficient (Wildman–Crippen LogP) is 3.38. The van der Waals surface area contributed by atoms with Gasteiger partial charge in [0.15, 0.2) is 5.96 Å². The molecular weight excluding hydrogens is 487 g/mol. The van der Waals surface area contributed by atoms with E-state index in [2.05, 4.69) is 20.4 Å². The van der Waals surface area contributed by atoms with Crippen molar-refractivity contribution in [2.75, 3.05) is 19.3 Å². The summed E-state index contributed by atoms with van der Waals surface area (Å²) in [6, 6.07) is 15.8. The average Bonchev–Trinajstić information content (AvgIpc) is 2.65. The van der Waals surface area contributed by atoms with Crippen LogP contribution in [0.3, 0.4) is 0 Å². The molecule has 0 saturated carbocycles. The van der Waals surface area contributed by atoms with Gasteiger partial charge in [0, 0.05) is 36.3 Å². The van der Waals surface area contributed by atoms with Crippen LogP contribution < -0.4 is 15.4 Å². The average molecular weight is 509 g/mol. The summed E-state index contributed by atoms with van der Waals surface area (Å²) in [6.07, 6.45) is 0. The van der Waals surface area contributed by atoms with Gasteiger partial charge in [0.1, 0.15) is 5.75 Å². The third-order valence-electron chi connectivity index (χ3n) is 3.44. The van der Waals surface area contributed by atoms with Crippen molar-refractivity contribution in [3.63, 3.8) is 0 Å². The van der Waals surface area contributed by atoms with Crippen molar-refractivity contribution in [1.29, 1.82) is 0 Å². The number of benzene rings is 2. The number of aliphatic imine (C=N–C) groups is 1. The first kappa shape index (κ1) is 23.3. The molecule has 0 aromatic heterocycles. The molecule has 1 atom stereocenters. The second kappa shape index (κ2) is 12.6. The number of para-hydroxylation sites is 1. The molecule has 2 N–H and O–H groups in total. The van der Waals surface area contributed by atoms with Crippen LogP contribution in [0.5, 0.6) is 5.75 Å². The highest BCUT2D eigenvalue weighted by Gasteiger charge is 2.09. The van der Waals surface area contributed by atoms with Gasteiger partial charge in [0.25, 0.3) is 0 Å². The summed E-state index contributed by atoms with van der Waals surface area (Å²) < 4.78 is 41.5. The lowest BCUT2D eigenvalue weighted by atomic mass is 10.2. The largest absolute Gasteiger partial charge is 0.434 e. The van der Waals surface area contributed by atoms with Crippen molar-refractivity contribution < 1.29 is 17.7 Å². The lowest BCUT2D eigenvalue weighted by molar-refractivity contribution is -0.0504. The number of hydrogen-bond acceptors (Lipinski definition) is 3. The fourth-order valence-electron chi connectivity index (χ4n) is 2.21.